The van der Waals surface area contributed by atoms with Crippen LogP contribution in [0, 0.1) is 6.92 Å². The van der Waals surface area contributed by atoms with Crippen molar-refractivity contribution < 1.29 is 8.42 Å². The maximum absolute atomic E-state index is 12.7. The van der Waals surface area contributed by atoms with Crippen molar-refractivity contribution >= 4 is 26.0 Å². The molecule has 1 aliphatic heterocycles. The lowest BCUT2D eigenvalue weighted by atomic mass is 10.1. The minimum Gasteiger partial charge on any atom is -0.296 e. The van der Waals surface area contributed by atoms with Crippen molar-refractivity contribution in [2.75, 3.05) is 26.2 Å². The number of halogens is 1. The van der Waals surface area contributed by atoms with E-state index < -0.39 is 10.0 Å². The summed E-state index contributed by atoms with van der Waals surface area (Å²) in [5, 5.41) is 0. The molecule has 0 amide bonds. The van der Waals surface area contributed by atoms with Gasteiger partial charge in [0.1, 0.15) is 0 Å². The van der Waals surface area contributed by atoms with Gasteiger partial charge in [-0.05, 0) is 36.2 Å². The summed E-state index contributed by atoms with van der Waals surface area (Å²) in [5.74, 6) is 0. The number of benzene rings is 2. The fourth-order valence-electron chi connectivity index (χ4n) is 2.93. The van der Waals surface area contributed by atoms with E-state index in [0.29, 0.717) is 18.0 Å². The van der Waals surface area contributed by atoms with E-state index in [2.05, 4.69) is 46.0 Å². The molecule has 24 heavy (non-hydrogen) atoms. The van der Waals surface area contributed by atoms with Gasteiger partial charge in [-0.2, -0.15) is 4.31 Å². The molecule has 128 valence electrons. The quantitative estimate of drug-likeness (QED) is 0.779. The maximum Gasteiger partial charge on any atom is 0.243 e. The third-order valence-corrected chi connectivity index (χ3v) is 6.81. The SMILES string of the molecule is Cc1ccccc1CN1CCN(S(=O)(=O)c2cccc(Br)c2)CC1. The predicted octanol–water partition coefficient (Wildman–Crippen LogP) is 3.26. The molecule has 0 bridgehead atoms. The normalized spacial score (nSPS) is 17.1. The fourth-order valence-corrected chi connectivity index (χ4v) is 4.95. The van der Waals surface area contributed by atoms with E-state index in [0.717, 1.165) is 24.1 Å². The topological polar surface area (TPSA) is 40.6 Å². The lowest BCUT2D eigenvalue weighted by Gasteiger charge is -2.34. The minimum atomic E-state index is -3.41. The van der Waals surface area contributed by atoms with Gasteiger partial charge in [0.25, 0.3) is 0 Å². The Morgan fingerprint density at radius 2 is 1.71 bits per heavy atom. The molecule has 0 N–H and O–H groups in total. The van der Waals surface area contributed by atoms with Crippen molar-refractivity contribution in [2.24, 2.45) is 0 Å². The molecule has 0 unspecified atom stereocenters. The zero-order chi connectivity index (χ0) is 17.2. The maximum atomic E-state index is 12.7. The Morgan fingerprint density at radius 3 is 2.38 bits per heavy atom. The Hall–Kier alpha value is -1.21. The summed E-state index contributed by atoms with van der Waals surface area (Å²) in [5.41, 5.74) is 2.59. The van der Waals surface area contributed by atoms with Gasteiger partial charge < -0.3 is 0 Å². The van der Waals surface area contributed by atoms with Crippen LogP contribution in [0.2, 0.25) is 0 Å². The highest BCUT2D eigenvalue weighted by atomic mass is 79.9. The molecule has 0 radical (unpaired) electrons. The van der Waals surface area contributed by atoms with E-state index in [4.69, 9.17) is 0 Å². The first kappa shape index (κ1) is 17.6. The molecule has 2 aromatic carbocycles. The van der Waals surface area contributed by atoms with Gasteiger partial charge in [-0.15, -0.1) is 0 Å². The molecule has 0 spiro atoms. The van der Waals surface area contributed by atoms with Crippen LogP contribution in [-0.2, 0) is 16.6 Å². The standard InChI is InChI=1S/C18H21BrN2O2S/c1-15-5-2-3-6-16(15)14-20-9-11-21(12-10-20)24(22,23)18-8-4-7-17(19)13-18/h2-8,13H,9-12,14H2,1H3. The average molecular weight is 409 g/mol. The molecule has 6 heteroatoms. The van der Waals surface area contributed by atoms with Crippen LogP contribution in [0.15, 0.2) is 57.9 Å². The van der Waals surface area contributed by atoms with Crippen LogP contribution in [-0.4, -0.2) is 43.8 Å². The van der Waals surface area contributed by atoms with Crippen molar-refractivity contribution in [3.63, 3.8) is 0 Å². The summed E-state index contributed by atoms with van der Waals surface area (Å²) in [7, 11) is -3.41. The predicted molar refractivity (Wildman–Crippen MR) is 99.4 cm³/mol. The monoisotopic (exact) mass is 408 g/mol. The van der Waals surface area contributed by atoms with Gasteiger partial charge in [-0.3, -0.25) is 4.90 Å². The molecule has 3 rings (SSSR count). The third kappa shape index (κ3) is 3.88. The molecular formula is C18H21BrN2O2S. The summed E-state index contributed by atoms with van der Waals surface area (Å²) in [4.78, 5) is 2.67. The average Bonchev–Trinajstić information content (AvgIpc) is 2.57. The second-order valence-electron chi connectivity index (χ2n) is 6.06. The van der Waals surface area contributed by atoms with E-state index in [-0.39, 0.29) is 0 Å². The molecule has 0 saturated carbocycles. The van der Waals surface area contributed by atoms with Crippen LogP contribution >= 0.6 is 15.9 Å². The summed E-state index contributed by atoms with van der Waals surface area (Å²) < 4.78 is 27.9. The Labute approximate surface area is 152 Å². The van der Waals surface area contributed by atoms with Crippen LogP contribution in [0.25, 0.3) is 0 Å². The highest BCUT2D eigenvalue weighted by molar-refractivity contribution is 9.10. The second kappa shape index (κ2) is 7.35. The lowest BCUT2D eigenvalue weighted by Crippen LogP contribution is -2.48. The van der Waals surface area contributed by atoms with Crippen molar-refractivity contribution in [1.29, 1.82) is 0 Å². The van der Waals surface area contributed by atoms with Crippen LogP contribution in [0.5, 0.6) is 0 Å². The van der Waals surface area contributed by atoms with Gasteiger partial charge >= 0.3 is 0 Å². The van der Waals surface area contributed by atoms with E-state index in [9.17, 15) is 8.42 Å². The summed E-state index contributed by atoms with van der Waals surface area (Å²) in [6, 6.07) is 15.3. The van der Waals surface area contributed by atoms with Crippen molar-refractivity contribution in [3.8, 4) is 0 Å². The number of hydrogen-bond donors (Lipinski definition) is 0. The van der Waals surface area contributed by atoms with Crippen molar-refractivity contribution in [3.05, 3.63) is 64.1 Å². The molecule has 0 atom stereocenters. The molecule has 2 aromatic rings. The molecule has 0 aliphatic carbocycles. The van der Waals surface area contributed by atoms with E-state index in [1.54, 1.807) is 22.5 Å². The minimum absolute atomic E-state index is 0.351. The molecule has 0 aromatic heterocycles. The smallest absolute Gasteiger partial charge is 0.243 e. The van der Waals surface area contributed by atoms with Crippen molar-refractivity contribution in [1.82, 2.24) is 9.21 Å². The largest absolute Gasteiger partial charge is 0.296 e. The first-order valence-corrected chi connectivity index (χ1v) is 10.2. The van der Waals surface area contributed by atoms with Crippen molar-refractivity contribution in [2.45, 2.75) is 18.4 Å². The Bertz CT molecular complexity index is 815. The van der Waals surface area contributed by atoms with Gasteiger partial charge in [0.2, 0.25) is 10.0 Å². The number of nitrogens with zero attached hydrogens (tertiary/aromatic N) is 2. The molecule has 1 aliphatic rings. The van der Waals surface area contributed by atoms with E-state index in [1.165, 1.54) is 11.1 Å². The Kier molecular flexibility index (Phi) is 5.39. The van der Waals surface area contributed by atoms with Crippen LogP contribution in [0.4, 0.5) is 0 Å². The highest BCUT2D eigenvalue weighted by Gasteiger charge is 2.28. The molecule has 1 fully saturated rings. The zero-order valence-electron chi connectivity index (χ0n) is 13.7. The van der Waals surface area contributed by atoms with E-state index >= 15 is 0 Å². The Balaban J connectivity index is 1.65. The number of hydrogen-bond acceptors (Lipinski definition) is 3. The third-order valence-electron chi connectivity index (χ3n) is 4.42. The Morgan fingerprint density at radius 1 is 1.00 bits per heavy atom. The first-order chi connectivity index (χ1) is 11.5. The van der Waals surface area contributed by atoms with Gasteiger partial charge in [0.15, 0.2) is 0 Å². The van der Waals surface area contributed by atoms with Crippen LogP contribution in [0.3, 0.4) is 0 Å². The number of sulfonamides is 1. The van der Waals surface area contributed by atoms with Crippen LogP contribution < -0.4 is 0 Å². The molecule has 1 heterocycles. The number of piperazine rings is 1. The fraction of sp³-hybridized carbons (Fsp3) is 0.333. The second-order valence-corrected chi connectivity index (χ2v) is 8.92. The molecule has 4 nitrogen and oxygen atoms in total. The summed E-state index contributed by atoms with van der Waals surface area (Å²) in [6.45, 7) is 5.55. The first-order valence-electron chi connectivity index (χ1n) is 7.99. The summed E-state index contributed by atoms with van der Waals surface area (Å²) in [6.07, 6.45) is 0. The lowest BCUT2D eigenvalue weighted by molar-refractivity contribution is 0.181. The van der Waals surface area contributed by atoms with Gasteiger partial charge in [0.05, 0.1) is 4.90 Å². The number of rotatable bonds is 4. The molecule has 1 saturated heterocycles. The summed E-state index contributed by atoms with van der Waals surface area (Å²) >= 11 is 3.34. The van der Waals surface area contributed by atoms with Crippen LogP contribution in [0.1, 0.15) is 11.1 Å². The zero-order valence-corrected chi connectivity index (χ0v) is 16.1. The molecular weight excluding hydrogens is 388 g/mol. The number of aryl methyl sites for hydroxylation is 1. The van der Waals surface area contributed by atoms with Gasteiger partial charge in [-0.25, -0.2) is 8.42 Å². The van der Waals surface area contributed by atoms with Gasteiger partial charge in [0, 0.05) is 37.2 Å². The highest BCUT2D eigenvalue weighted by Crippen LogP contribution is 2.22. The van der Waals surface area contributed by atoms with Gasteiger partial charge in [-0.1, -0.05) is 46.3 Å². The van der Waals surface area contributed by atoms with E-state index in [1.807, 2.05) is 12.1 Å².